The third-order valence-corrected chi connectivity index (χ3v) is 4.46. The zero-order valence-corrected chi connectivity index (χ0v) is 10.7. The maximum atomic E-state index is 12.4. The Morgan fingerprint density at radius 2 is 1.53 bits per heavy atom. The molecule has 0 aromatic carbocycles. The molecule has 0 saturated carbocycles. The predicted octanol–water partition coefficient (Wildman–Crippen LogP) is 3.04. The molecule has 0 bridgehead atoms. The van der Waals surface area contributed by atoms with Gasteiger partial charge in [0, 0.05) is 13.1 Å². The molecular formula is C10H22NO3P. The Kier molecular flexibility index (Phi) is 5.83. The Labute approximate surface area is 92.5 Å². The summed E-state index contributed by atoms with van der Waals surface area (Å²) >= 11 is 0. The van der Waals surface area contributed by atoms with Crippen LogP contribution in [0, 0.1) is 0 Å². The van der Waals surface area contributed by atoms with Crippen molar-refractivity contribution in [2.75, 3.05) is 26.3 Å². The maximum Gasteiger partial charge on any atom is 0.408 e. The van der Waals surface area contributed by atoms with E-state index in [0.29, 0.717) is 13.2 Å². The van der Waals surface area contributed by atoms with E-state index in [0.717, 1.165) is 38.8 Å². The van der Waals surface area contributed by atoms with E-state index >= 15 is 0 Å². The highest BCUT2D eigenvalue weighted by Gasteiger charge is 2.35. The van der Waals surface area contributed by atoms with E-state index in [2.05, 4.69) is 0 Å². The van der Waals surface area contributed by atoms with Gasteiger partial charge in [0.25, 0.3) is 0 Å². The van der Waals surface area contributed by atoms with E-state index in [-0.39, 0.29) is 0 Å². The van der Waals surface area contributed by atoms with Crippen molar-refractivity contribution in [1.29, 1.82) is 0 Å². The van der Waals surface area contributed by atoms with E-state index in [1.54, 1.807) is 0 Å². The molecule has 0 N–H and O–H groups in total. The van der Waals surface area contributed by atoms with Crippen molar-refractivity contribution in [2.45, 2.75) is 39.5 Å². The summed E-state index contributed by atoms with van der Waals surface area (Å²) in [6.45, 7) is 6.71. The number of hydrogen-bond acceptors (Lipinski definition) is 3. The summed E-state index contributed by atoms with van der Waals surface area (Å²) in [5.74, 6) is 0. The van der Waals surface area contributed by atoms with Crippen LogP contribution in [0.5, 0.6) is 0 Å². The molecule has 1 heterocycles. The second-order valence-corrected chi connectivity index (χ2v) is 5.81. The van der Waals surface area contributed by atoms with Gasteiger partial charge in [0.1, 0.15) is 0 Å². The summed E-state index contributed by atoms with van der Waals surface area (Å²) in [6, 6.07) is 0. The van der Waals surface area contributed by atoms with Gasteiger partial charge in [-0.05, 0) is 25.7 Å². The largest absolute Gasteiger partial charge is 0.408 e. The smallest absolute Gasteiger partial charge is 0.297 e. The molecule has 0 amide bonds. The van der Waals surface area contributed by atoms with Crippen LogP contribution in [0.4, 0.5) is 0 Å². The average molecular weight is 235 g/mol. The zero-order valence-electron chi connectivity index (χ0n) is 9.78. The minimum atomic E-state index is -2.97. The fourth-order valence-electron chi connectivity index (χ4n) is 1.56. The van der Waals surface area contributed by atoms with Crippen molar-refractivity contribution in [2.24, 2.45) is 0 Å². The Morgan fingerprint density at radius 1 is 1.07 bits per heavy atom. The number of nitrogens with zero attached hydrogens (tertiary/aromatic N) is 1. The first-order chi connectivity index (χ1) is 7.23. The van der Waals surface area contributed by atoms with E-state index in [1.165, 1.54) is 0 Å². The van der Waals surface area contributed by atoms with Crippen LogP contribution in [-0.4, -0.2) is 31.0 Å². The Hall–Kier alpha value is 0.110. The van der Waals surface area contributed by atoms with Crippen molar-refractivity contribution < 1.29 is 13.6 Å². The molecule has 1 aliphatic rings. The summed E-state index contributed by atoms with van der Waals surface area (Å²) in [7, 11) is -2.97. The highest BCUT2D eigenvalue weighted by atomic mass is 31.2. The molecule has 90 valence electrons. The molecule has 0 aromatic heterocycles. The molecule has 4 nitrogen and oxygen atoms in total. The van der Waals surface area contributed by atoms with Crippen LogP contribution < -0.4 is 0 Å². The van der Waals surface area contributed by atoms with Crippen molar-refractivity contribution >= 4 is 7.75 Å². The van der Waals surface area contributed by atoms with E-state index in [4.69, 9.17) is 9.05 Å². The van der Waals surface area contributed by atoms with Crippen LogP contribution in [0.15, 0.2) is 0 Å². The highest BCUT2D eigenvalue weighted by Crippen LogP contribution is 2.53. The van der Waals surface area contributed by atoms with Gasteiger partial charge in [0.15, 0.2) is 0 Å². The monoisotopic (exact) mass is 235 g/mol. The van der Waals surface area contributed by atoms with Gasteiger partial charge in [-0.1, -0.05) is 13.8 Å². The zero-order chi connectivity index (χ0) is 11.1. The second-order valence-electron chi connectivity index (χ2n) is 3.80. The maximum absolute atomic E-state index is 12.4. The van der Waals surface area contributed by atoms with Crippen LogP contribution in [0.2, 0.25) is 0 Å². The van der Waals surface area contributed by atoms with Crippen molar-refractivity contribution in [3.8, 4) is 0 Å². The fourth-order valence-corrected chi connectivity index (χ4v) is 3.56. The average Bonchev–Trinajstić information content (AvgIpc) is 2.77. The summed E-state index contributed by atoms with van der Waals surface area (Å²) in [6.07, 6.45) is 3.92. The van der Waals surface area contributed by atoms with Crippen LogP contribution in [0.25, 0.3) is 0 Å². The van der Waals surface area contributed by atoms with Gasteiger partial charge < -0.3 is 0 Å². The van der Waals surface area contributed by atoms with Gasteiger partial charge in [-0.2, -0.15) is 0 Å². The molecule has 1 rings (SSSR count). The second kappa shape index (κ2) is 6.64. The molecule has 15 heavy (non-hydrogen) atoms. The SMILES string of the molecule is CCCOP(=O)(OCCC)N1CCCC1. The van der Waals surface area contributed by atoms with Crippen molar-refractivity contribution in [3.05, 3.63) is 0 Å². The summed E-state index contributed by atoms with van der Waals surface area (Å²) in [4.78, 5) is 0. The molecule has 0 unspecified atom stereocenters. The summed E-state index contributed by atoms with van der Waals surface area (Å²) in [5, 5.41) is 0. The van der Waals surface area contributed by atoms with Crippen LogP contribution in [0.3, 0.4) is 0 Å². The lowest BCUT2D eigenvalue weighted by Crippen LogP contribution is -2.20. The third kappa shape index (κ3) is 3.87. The van der Waals surface area contributed by atoms with Gasteiger partial charge in [-0.15, -0.1) is 0 Å². The summed E-state index contributed by atoms with van der Waals surface area (Å²) in [5.41, 5.74) is 0. The lowest BCUT2D eigenvalue weighted by Gasteiger charge is -2.26. The van der Waals surface area contributed by atoms with Crippen molar-refractivity contribution in [3.63, 3.8) is 0 Å². The Balaban J connectivity index is 2.53. The van der Waals surface area contributed by atoms with Crippen molar-refractivity contribution in [1.82, 2.24) is 4.67 Å². The van der Waals surface area contributed by atoms with Gasteiger partial charge in [0.2, 0.25) is 0 Å². The molecule has 0 spiro atoms. The lowest BCUT2D eigenvalue weighted by atomic mass is 10.4. The molecule has 0 radical (unpaired) electrons. The normalized spacial score (nSPS) is 18.5. The Morgan fingerprint density at radius 3 is 1.93 bits per heavy atom. The minimum Gasteiger partial charge on any atom is -0.297 e. The van der Waals surface area contributed by atoms with Gasteiger partial charge in [-0.25, -0.2) is 9.24 Å². The molecule has 1 fully saturated rings. The Bertz CT molecular complexity index is 205. The third-order valence-electron chi connectivity index (χ3n) is 2.35. The highest BCUT2D eigenvalue weighted by molar-refractivity contribution is 7.51. The first-order valence-electron chi connectivity index (χ1n) is 5.87. The molecule has 1 saturated heterocycles. The molecule has 0 aliphatic carbocycles. The number of rotatable bonds is 7. The van der Waals surface area contributed by atoms with Gasteiger partial charge >= 0.3 is 7.75 Å². The molecule has 0 aromatic rings. The predicted molar refractivity (Wildman–Crippen MR) is 60.9 cm³/mol. The van der Waals surface area contributed by atoms with Crippen LogP contribution in [-0.2, 0) is 13.6 Å². The van der Waals surface area contributed by atoms with E-state index in [9.17, 15) is 4.57 Å². The first kappa shape index (κ1) is 13.2. The molecule has 1 aliphatic heterocycles. The topological polar surface area (TPSA) is 38.8 Å². The fraction of sp³-hybridized carbons (Fsp3) is 1.00. The van der Waals surface area contributed by atoms with Crippen LogP contribution in [0.1, 0.15) is 39.5 Å². The lowest BCUT2D eigenvalue weighted by molar-refractivity contribution is 0.164. The quantitative estimate of drug-likeness (QED) is 0.636. The van der Waals surface area contributed by atoms with E-state index in [1.807, 2.05) is 18.5 Å². The summed E-state index contributed by atoms with van der Waals surface area (Å²) < 4.78 is 25.1. The minimum absolute atomic E-state index is 0.511. The number of hydrogen-bond donors (Lipinski definition) is 0. The van der Waals surface area contributed by atoms with E-state index < -0.39 is 7.75 Å². The molecular weight excluding hydrogens is 213 g/mol. The molecule has 0 atom stereocenters. The molecule has 5 heteroatoms. The van der Waals surface area contributed by atoms with Crippen LogP contribution >= 0.6 is 7.75 Å². The standard InChI is InChI=1S/C10H22NO3P/c1-3-9-13-15(12,14-10-4-2)11-7-5-6-8-11/h3-10H2,1-2H3. The first-order valence-corrected chi connectivity index (χ1v) is 7.37. The van der Waals surface area contributed by atoms with Gasteiger partial charge in [0.05, 0.1) is 13.2 Å². The van der Waals surface area contributed by atoms with Gasteiger partial charge in [-0.3, -0.25) is 9.05 Å².